The van der Waals surface area contributed by atoms with Crippen LogP contribution in [0.15, 0.2) is 39.4 Å². The first kappa shape index (κ1) is 14.7. The lowest BCUT2D eigenvalue weighted by Gasteiger charge is -2.13. The van der Waals surface area contributed by atoms with E-state index in [9.17, 15) is 4.79 Å². The second kappa shape index (κ2) is 6.61. The number of carbonyl (C=O) groups excluding carboxylic acids is 1. The zero-order chi connectivity index (χ0) is 14.5. The summed E-state index contributed by atoms with van der Waals surface area (Å²) in [6, 6.07) is 9.57. The number of anilines is 2. The molecule has 0 saturated carbocycles. The van der Waals surface area contributed by atoms with Gasteiger partial charge in [0.15, 0.2) is 4.67 Å². The highest BCUT2D eigenvalue weighted by molar-refractivity contribution is 9.10. The van der Waals surface area contributed by atoms with Crippen LogP contribution in [0.2, 0.25) is 0 Å². The van der Waals surface area contributed by atoms with Gasteiger partial charge >= 0.3 is 0 Å². The maximum atomic E-state index is 11.5. The molecule has 4 nitrogen and oxygen atoms in total. The molecule has 1 heterocycles. The second-order valence-electron chi connectivity index (χ2n) is 4.44. The van der Waals surface area contributed by atoms with Gasteiger partial charge in [0.2, 0.25) is 5.91 Å². The fourth-order valence-corrected chi connectivity index (χ4v) is 2.17. The van der Waals surface area contributed by atoms with Crippen LogP contribution in [0.25, 0.3) is 0 Å². The molecule has 0 aliphatic heterocycles. The van der Waals surface area contributed by atoms with E-state index >= 15 is 0 Å². The van der Waals surface area contributed by atoms with Gasteiger partial charge in [-0.1, -0.05) is 13.0 Å². The number of hydrogen-bond donors (Lipinski definition) is 2. The van der Waals surface area contributed by atoms with Crippen molar-refractivity contribution in [2.24, 2.45) is 0 Å². The van der Waals surface area contributed by atoms with Gasteiger partial charge in [-0.15, -0.1) is 0 Å². The number of halogens is 1. The van der Waals surface area contributed by atoms with Gasteiger partial charge in [0, 0.05) is 17.8 Å². The summed E-state index contributed by atoms with van der Waals surface area (Å²) >= 11 is 3.28. The lowest BCUT2D eigenvalue weighted by molar-refractivity contribution is -0.115. The van der Waals surface area contributed by atoms with Gasteiger partial charge < -0.3 is 15.1 Å². The maximum absolute atomic E-state index is 11.5. The Morgan fingerprint density at radius 1 is 1.25 bits per heavy atom. The van der Waals surface area contributed by atoms with Gasteiger partial charge in [-0.25, -0.2) is 0 Å². The highest BCUT2D eigenvalue weighted by atomic mass is 79.9. The minimum atomic E-state index is 0.0141. The number of carbonyl (C=O) groups is 1. The van der Waals surface area contributed by atoms with Crippen molar-refractivity contribution in [2.45, 2.75) is 26.8 Å². The molecule has 20 heavy (non-hydrogen) atoms. The number of benzene rings is 1. The molecule has 0 spiro atoms. The Morgan fingerprint density at radius 3 is 2.65 bits per heavy atom. The van der Waals surface area contributed by atoms with Gasteiger partial charge in [0.05, 0.1) is 6.54 Å². The van der Waals surface area contributed by atoms with E-state index in [0.29, 0.717) is 13.0 Å². The van der Waals surface area contributed by atoms with Crippen LogP contribution < -0.4 is 10.6 Å². The van der Waals surface area contributed by atoms with Crippen molar-refractivity contribution in [1.29, 1.82) is 0 Å². The zero-order valence-corrected chi connectivity index (χ0v) is 13.1. The second-order valence-corrected chi connectivity index (χ2v) is 5.22. The smallest absolute Gasteiger partial charge is 0.224 e. The number of hydrogen-bond acceptors (Lipinski definition) is 3. The van der Waals surface area contributed by atoms with Crippen molar-refractivity contribution in [3.8, 4) is 0 Å². The van der Waals surface area contributed by atoms with E-state index < -0.39 is 0 Å². The van der Waals surface area contributed by atoms with Crippen LogP contribution in [0.3, 0.4) is 0 Å². The summed E-state index contributed by atoms with van der Waals surface area (Å²) in [6.45, 7) is 4.41. The number of furan rings is 1. The third kappa shape index (κ3) is 3.63. The van der Waals surface area contributed by atoms with Gasteiger partial charge in [0.25, 0.3) is 0 Å². The maximum Gasteiger partial charge on any atom is 0.224 e. The van der Waals surface area contributed by atoms with Crippen LogP contribution in [0.5, 0.6) is 0 Å². The van der Waals surface area contributed by atoms with Gasteiger partial charge in [0.1, 0.15) is 5.76 Å². The molecule has 0 bridgehead atoms. The minimum Gasteiger partial charge on any atom is -0.452 e. The van der Waals surface area contributed by atoms with E-state index in [4.69, 9.17) is 4.42 Å². The van der Waals surface area contributed by atoms with E-state index in [-0.39, 0.29) is 5.91 Å². The zero-order valence-electron chi connectivity index (χ0n) is 11.5. The summed E-state index contributed by atoms with van der Waals surface area (Å²) < 4.78 is 6.16. The molecule has 0 radical (unpaired) electrons. The molecular weight excluding hydrogens is 320 g/mol. The summed E-state index contributed by atoms with van der Waals surface area (Å²) in [6.07, 6.45) is 0.470. The highest BCUT2D eigenvalue weighted by Crippen LogP contribution is 2.24. The van der Waals surface area contributed by atoms with E-state index in [0.717, 1.165) is 27.4 Å². The fraction of sp³-hybridized carbons (Fsp3) is 0.267. The molecule has 5 heteroatoms. The molecule has 0 fully saturated rings. The molecule has 0 unspecified atom stereocenters. The lowest BCUT2D eigenvalue weighted by Crippen LogP contribution is -2.11. The third-order valence-corrected chi connectivity index (χ3v) is 3.44. The number of rotatable bonds is 5. The SMILES string of the molecule is CCC(=O)Nc1cccc(NCc2ccc(Br)o2)c1C. The third-order valence-electron chi connectivity index (χ3n) is 3.01. The summed E-state index contributed by atoms with van der Waals surface area (Å²) in [4.78, 5) is 11.5. The molecule has 0 aliphatic rings. The van der Waals surface area contributed by atoms with Crippen molar-refractivity contribution >= 4 is 33.2 Å². The van der Waals surface area contributed by atoms with Crippen LogP contribution >= 0.6 is 15.9 Å². The molecular formula is C15H17BrN2O2. The largest absolute Gasteiger partial charge is 0.452 e. The Labute approximate surface area is 126 Å². The molecule has 2 aromatic rings. The quantitative estimate of drug-likeness (QED) is 0.855. The van der Waals surface area contributed by atoms with E-state index in [1.807, 2.05) is 44.2 Å². The Balaban J connectivity index is 2.08. The first-order valence-corrected chi connectivity index (χ1v) is 7.27. The van der Waals surface area contributed by atoms with Crippen molar-refractivity contribution in [3.63, 3.8) is 0 Å². The molecule has 106 valence electrons. The van der Waals surface area contributed by atoms with Gasteiger partial charge in [-0.2, -0.15) is 0 Å². The summed E-state index contributed by atoms with van der Waals surface area (Å²) in [5.74, 6) is 0.861. The predicted octanol–water partition coefficient (Wildman–Crippen LogP) is 4.31. The summed E-state index contributed by atoms with van der Waals surface area (Å²) in [5.41, 5.74) is 2.83. The molecule has 1 amide bonds. The summed E-state index contributed by atoms with van der Waals surface area (Å²) in [5, 5.41) is 6.20. The lowest BCUT2D eigenvalue weighted by atomic mass is 10.1. The van der Waals surface area contributed by atoms with Crippen LogP contribution in [0.4, 0.5) is 11.4 Å². The van der Waals surface area contributed by atoms with Crippen molar-refractivity contribution in [1.82, 2.24) is 0 Å². The van der Waals surface area contributed by atoms with E-state index in [1.54, 1.807) is 0 Å². The normalized spacial score (nSPS) is 10.3. The van der Waals surface area contributed by atoms with Crippen LogP contribution in [0, 0.1) is 6.92 Å². The van der Waals surface area contributed by atoms with Crippen LogP contribution in [-0.4, -0.2) is 5.91 Å². The monoisotopic (exact) mass is 336 g/mol. The Bertz CT molecular complexity index is 608. The molecule has 2 rings (SSSR count). The van der Waals surface area contributed by atoms with E-state index in [2.05, 4.69) is 26.6 Å². The van der Waals surface area contributed by atoms with Gasteiger partial charge in [-0.05, 0) is 52.7 Å². The van der Waals surface area contributed by atoms with Crippen molar-refractivity contribution < 1.29 is 9.21 Å². The number of nitrogens with one attached hydrogen (secondary N) is 2. The standard InChI is InChI=1S/C15H17BrN2O2/c1-3-15(19)18-13-6-4-5-12(10(13)2)17-9-11-7-8-14(16)20-11/h4-8,17H,3,9H2,1-2H3,(H,18,19). The molecule has 2 N–H and O–H groups in total. The van der Waals surface area contributed by atoms with Crippen LogP contribution in [-0.2, 0) is 11.3 Å². The van der Waals surface area contributed by atoms with Crippen molar-refractivity contribution in [2.75, 3.05) is 10.6 Å². The minimum absolute atomic E-state index is 0.0141. The predicted molar refractivity (Wildman–Crippen MR) is 83.8 cm³/mol. The number of amides is 1. The van der Waals surface area contributed by atoms with Gasteiger partial charge in [-0.3, -0.25) is 4.79 Å². The first-order valence-electron chi connectivity index (χ1n) is 6.47. The summed E-state index contributed by atoms with van der Waals surface area (Å²) in [7, 11) is 0. The van der Waals surface area contributed by atoms with Crippen LogP contribution in [0.1, 0.15) is 24.7 Å². The average molecular weight is 337 g/mol. The molecule has 1 aromatic heterocycles. The first-order chi connectivity index (χ1) is 9.60. The highest BCUT2D eigenvalue weighted by Gasteiger charge is 2.07. The molecule has 0 saturated heterocycles. The topological polar surface area (TPSA) is 54.3 Å². The van der Waals surface area contributed by atoms with Crippen molar-refractivity contribution in [3.05, 3.63) is 46.3 Å². The van der Waals surface area contributed by atoms with E-state index in [1.165, 1.54) is 0 Å². The average Bonchev–Trinajstić information content (AvgIpc) is 2.85. The fourth-order valence-electron chi connectivity index (χ4n) is 1.83. The Kier molecular flexibility index (Phi) is 4.84. The molecule has 0 aliphatic carbocycles. The Morgan fingerprint density at radius 2 is 2.00 bits per heavy atom. The molecule has 1 aromatic carbocycles. The molecule has 0 atom stereocenters. The Hall–Kier alpha value is -1.75.